The van der Waals surface area contributed by atoms with Gasteiger partial charge in [0.1, 0.15) is 18.1 Å². The summed E-state index contributed by atoms with van der Waals surface area (Å²) >= 11 is 0. The number of hydrogen-bond donors (Lipinski definition) is 0. The zero-order valence-electron chi connectivity index (χ0n) is 24.5. The van der Waals surface area contributed by atoms with Gasteiger partial charge in [0.15, 0.2) is 0 Å². The largest absolute Gasteiger partial charge is 0.497 e. The van der Waals surface area contributed by atoms with Gasteiger partial charge in [-0.25, -0.2) is 4.98 Å². The van der Waals surface area contributed by atoms with Crippen LogP contribution >= 0.6 is 0 Å². The Bertz CT molecular complexity index is 1560. The molecule has 0 radical (unpaired) electrons. The van der Waals surface area contributed by atoms with Crippen LogP contribution in [0.5, 0.6) is 5.75 Å². The average molecular weight is 555 g/mol. The molecular weight excluding hydrogens is 516 g/mol. The Kier molecular flexibility index (Phi) is 8.40. The molecule has 3 aromatic carbocycles. The molecule has 1 fully saturated rings. The standard InChI is InChI=1S/C33H38N4O4/c1-6-24-12-9-11-22(2)32(24)37(23(3)21-40-4)31(39)20-36-29-16-8-7-15-28(29)34-33(36)25-17-30(38)35(19-25)26-13-10-14-27(18-26)41-5/h7-16,18,23,25H,6,17,19-21H2,1-5H3/t23-,25+/m1/s1. The molecule has 0 N–H and O–H groups in total. The summed E-state index contributed by atoms with van der Waals surface area (Å²) < 4.78 is 12.9. The van der Waals surface area contributed by atoms with Crippen molar-refractivity contribution in [3.05, 3.63) is 83.7 Å². The molecular formula is C33H38N4O4. The summed E-state index contributed by atoms with van der Waals surface area (Å²) in [4.78, 5) is 36.2. The Morgan fingerprint density at radius 3 is 2.63 bits per heavy atom. The van der Waals surface area contributed by atoms with E-state index in [1.165, 1.54) is 0 Å². The lowest BCUT2D eigenvalue weighted by molar-refractivity contribution is -0.120. The number of fused-ring (bicyclic) bond motifs is 1. The number of ether oxygens (including phenoxy) is 2. The highest BCUT2D eigenvalue weighted by molar-refractivity contribution is 5.98. The van der Waals surface area contributed by atoms with E-state index in [0.717, 1.165) is 45.8 Å². The summed E-state index contributed by atoms with van der Waals surface area (Å²) in [6, 6.07) is 21.4. The lowest BCUT2D eigenvalue weighted by Crippen LogP contribution is -2.44. The van der Waals surface area contributed by atoms with E-state index in [1.54, 1.807) is 19.1 Å². The maximum absolute atomic E-state index is 14.3. The number of anilines is 2. The van der Waals surface area contributed by atoms with Crippen LogP contribution in [0.2, 0.25) is 0 Å². The molecule has 8 nitrogen and oxygen atoms in total. The summed E-state index contributed by atoms with van der Waals surface area (Å²) in [5.74, 6) is 1.26. The number of benzene rings is 3. The minimum absolute atomic E-state index is 0.0241. The lowest BCUT2D eigenvalue weighted by Gasteiger charge is -2.32. The van der Waals surface area contributed by atoms with Crippen LogP contribution in [0.4, 0.5) is 11.4 Å². The number of hydrogen-bond acceptors (Lipinski definition) is 5. The van der Waals surface area contributed by atoms with Crippen LogP contribution < -0.4 is 14.5 Å². The van der Waals surface area contributed by atoms with Crippen molar-refractivity contribution < 1.29 is 19.1 Å². The van der Waals surface area contributed by atoms with Crippen LogP contribution in [0, 0.1) is 6.92 Å². The van der Waals surface area contributed by atoms with E-state index < -0.39 is 0 Å². The van der Waals surface area contributed by atoms with Crippen molar-refractivity contribution in [1.29, 1.82) is 0 Å². The summed E-state index contributed by atoms with van der Waals surface area (Å²) in [6.07, 6.45) is 1.13. The summed E-state index contributed by atoms with van der Waals surface area (Å²) in [6.45, 7) is 7.16. The second kappa shape index (κ2) is 12.1. The first-order valence-corrected chi connectivity index (χ1v) is 14.1. The molecule has 5 rings (SSSR count). The van der Waals surface area contributed by atoms with Crippen molar-refractivity contribution >= 4 is 34.2 Å². The fraction of sp³-hybridized carbons (Fsp3) is 0.364. The molecule has 0 spiro atoms. The van der Waals surface area contributed by atoms with Crippen molar-refractivity contribution in [2.45, 2.75) is 52.1 Å². The minimum atomic E-state index is -0.172. The van der Waals surface area contributed by atoms with Crippen LogP contribution in [0.25, 0.3) is 11.0 Å². The lowest BCUT2D eigenvalue weighted by atomic mass is 10.0. The summed E-state index contributed by atoms with van der Waals surface area (Å²) in [5, 5.41) is 0. The van der Waals surface area contributed by atoms with Crippen LogP contribution in [0.15, 0.2) is 66.7 Å². The number of nitrogens with zero attached hydrogens (tertiary/aromatic N) is 4. The number of imidazole rings is 1. The van der Waals surface area contributed by atoms with Gasteiger partial charge in [-0.05, 0) is 55.7 Å². The molecule has 1 aliphatic heterocycles. The van der Waals surface area contributed by atoms with E-state index in [4.69, 9.17) is 14.5 Å². The summed E-state index contributed by atoms with van der Waals surface area (Å²) in [5.41, 5.74) is 5.59. The highest BCUT2D eigenvalue weighted by atomic mass is 16.5. The molecule has 1 saturated heterocycles. The van der Waals surface area contributed by atoms with Crippen molar-refractivity contribution in [3.8, 4) is 5.75 Å². The van der Waals surface area contributed by atoms with Crippen LogP contribution in [-0.4, -0.2) is 54.8 Å². The molecule has 0 aliphatic carbocycles. The van der Waals surface area contributed by atoms with Gasteiger partial charge in [-0.3, -0.25) is 9.59 Å². The van der Waals surface area contributed by atoms with Crippen molar-refractivity contribution in [1.82, 2.24) is 9.55 Å². The zero-order valence-corrected chi connectivity index (χ0v) is 24.5. The molecule has 2 amide bonds. The Hall–Kier alpha value is -4.17. The predicted octanol–water partition coefficient (Wildman–Crippen LogP) is 5.50. The smallest absolute Gasteiger partial charge is 0.247 e. The van der Waals surface area contributed by atoms with Gasteiger partial charge >= 0.3 is 0 Å². The molecule has 1 aromatic heterocycles. The molecule has 0 saturated carbocycles. The van der Waals surface area contributed by atoms with E-state index in [2.05, 4.69) is 13.0 Å². The van der Waals surface area contributed by atoms with Gasteiger partial charge in [-0.15, -0.1) is 0 Å². The number of rotatable bonds is 10. The number of carbonyl (C=O) groups is 2. The highest BCUT2D eigenvalue weighted by Gasteiger charge is 2.36. The number of para-hydroxylation sites is 3. The first-order chi connectivity index (χ1) is 19.9. The molecule has 0 unspecified atom stereocenters. The van der Waals surface area contributed by atoms with E-state index in [1.807, 2.05) is 84.0 Å². The predicted molar refractivity (Wildman–Crippen MR) is 162 cm³/mol. The van der Waals surface area contributed by atoms with Crippen molar-refractivity contribution in [2.24, 2.45) is 0 Å². The van der Waals surface area contributed by atoms with Gasteiger partial charge in [0, 0.05) is 37.7 Å². The minimum Gasteiger partial charge on any atom is -0.497 e. The molecule has 2 heterocycles. The van der Waals surface area contributed by atoms with Gasteiger partial charge in [0.2, 0.25) is 11.8 Å². The SMILES string of the molecule is CCc1cccc(C)c1N(C(=O)Cn1c([C@H]2CC(=O)N(c3cccc(OC)c3)C2)nc2ccccc21)[C@H](C)COC. The summed E-state index contributed by atoms with van der Waals surface area (Å²) in [7, 11) is 3.27. The normalized spacial score (nSPS) is 15.9. The van der Waals surface area contributed by atoms with Crippen LogP contribution in [0.1, 0.15) is 43.1 Å². The molecule has 214 valence electrons. The number of aryl methyl sites for hydroxylation is 2. The number of aromatic nitrogens is 2. The topological polar surface area (TPSA) is 76.9 Å². The first-order valence-electron chi connectivity index (χ1n) is 14.1. The van der Waals surface area contributed by atoms with Gasteiger partial charge in [-0.1, -0.05) is 43.3 Å². The van der Waals surface area contributed by atoms with Gasteiger partial charge in [0.25, 0.3) is 0 Å². The number of carbonyl (C=O) groups excluding carboxylic acids is 2. The number of methoxy groups -OCH3 is 2. The maximum Gasteiger partial charge on any atom is 0.247 e. The molecule has 4 aromatic rings. The second-order valence-corrected chi connectivity index (χ2v) is 10.7. The van der Waals surface area contributed by atoms with Crippen LogP contribution in [0.3, 0.4) is 0 Å². The third-order valence-electron chi connectivity index (χ3n) is 7.89. The molecule has 8 heteroatoms. The van der Waals surface area contributed by atoms with Gasteiger partial charge < -0.3 is 23.8 Å². The van der Waals surface area contributed by atoms with Crippen molar-refractivity contribution in [3.63, 3.8) is 0 Å². The molecule has 41 heavy (non-hydrogen) atoms. The second-order valence-electron chi connectivity index (χ2n) is 10.7. The Balaban J connectivity index is 1.53. The zero-order chi connectivity index (χ0) is 29.1. The van der Waals surface area contributed by atoms with Crippen LogP contribution in [-0.2, 0) is 27.3 Å². The Labute approximate surface area is 241 Å². The maximum atomic E-state index is 14.3. The van der Waals surface area contributed by atoms with E-state index >= 15 is 0 Å². The average Bonchev–Trinajstić information content (AvgIpc) is 3.54. The molecule has 0 bridgehead atoms. The fourth-order valence-electron chi connectivity index (χ4n) is 5.95. The molecule has 2 atom stereocenters. The highest BCUT2D eigenvalue weighted by Crippen LogP contribution is 2.35. The molecule has 1 aliphatic rings. The van der Waals surface area contributed by atoms with Crippen molar-refractivity contribution in [2.75, 3.05) is 37.2 Å². The number of amides is 2. The fourth-order valence-corrected chi connectivity index (χ4v) is 5.95. The van der Waals surface area contributed by atoms with Gasteiger partial charge in [-0.2, -0.15) is 0 Å². The third-order valence-corrected chi connectivity index (χ3v) is 7.89. The van der Waals surface area contributed by atoms with Gasteiger partial charge in [0.05, 0.1) is 36.5 Å². The Morgan fingerprint density at radius 1 is 1.10 bits per heavy atom. The van der Waals surface area contributed by atoms with E-state index in [0.29, 0.717) is 25.3 Å². The Morgan fingerprint density at radius 2 is 1.88 bits per heavy atom. The van der Waals surface area contributed by atoms with E-state index in [9.17, 15) is 9.59 Å². The monoisotopic (exact) mass is 554 g/mol. The quantitative estimate of drug-likeness (QED) is 0.259. The van der Waals surface area contributed by atoms with E-state index in [-0.39, 0.29) is 30.3 Å². The first kappa shape index (κ1) is 28.4. The third kappa shape index (κ3) is 5.57.